The Morgan fingerprint density at radius 1 is 0.776 bits per heavy atom. The fourth-order valence-corrected chi connectivity index (χ4v) is 10.6. The Kier molecular flexibility index (Phi) is 15.3. The third-order valence-electron chi connectivity index (χ3n) is 7.06. The number of hydrogen-bond acceptors (Lipinski definition) is 8. The van der Waals surface area contributed by atoms with Gasteiger partial charge < -0.3 is 32.6 Å². The molecule has 3 rings (SSSR count). The Balaban J connectivity index is 0.000000385. The number of rotatable bonds is 10. The maximum atomic E-state index is 12.8. The monoisotopic (exact) mass is 740 g/mol. The van der Waals surface area contributed by atoms with Gasteiger partial charge in [-0.15, -0.1) is 0 Å². The Hall–Kier alpha value is -3.71. The molecule has 0 spiro atoms. The summed E-state index contributed by atoms with van der Waals surface area (Å²) in [7, 11) is -2.17. The van der Waals surface area contributed by atoms with E-state index in [4.69, 9.17) is 14.6 Å². The van der Waals surface area contributed by atoms with E-state index in [9.17, 15) is 49.1 Å². The van der Waals surface area contributed by atoms with Gasteiger partial charge in [0.05, 0.1) is 32.3 Å². The third-order valence-corrected chi connectivity index (χ3v) is 13.1. The number of carboxylic acid groups (broad SMARTS) is 1. The number of esters is 1. The largest absolute Gasteiger partial charge is 0.475 e. The summed E-state index contributed by atoms with van der Waals surface area (Å²) in [6.07, 6.45) is -12.0. The lowest BCUT2D eigenvalue weighted by Gasteiger charge is -2.42. The van der Waals surface area contributed by atoms with Crippen LogP contribution in [-0.2, 0) is 40.9 Å². The Morgan fingerprint density at radius 2 is 1.20 bits per heavy atom. The topological polar surface area (TPSA) is 132 Å². The summed E-state index contributed by atoms with van der Waals surface area (Å²) in [5, 5.41) is 16.9. The second-order valence-electron chi connectivity index (χ2n) is 11.2. The lowest BCUT2D eigenvalue weighted by molar-refractivity contribution is -0.154. The van der Waals surface area contributed by atoms with Crippen molar-refractivity contribution in [3.63, 3.8) is 0 Å². The lowest BCUT2D eigenvalue weighted by atomic mass is 10.2. The number of aromatic carboxylic acids is 1. The molecule has 0 aromatic carbocycles. The highest BCUT2D eigenvalue weighted by Crippen LogP contribution is 2.43. The van der Waals surface area contributed by atoms with Gasteiger partial charge >= 0.3 is 30.5 Å². The quantitative estimate of drug-likeness (QED) is 0.118. The fraction of sp³-hybridized carbons (Fsp3) is 0.533. The van der Waals surface area contributed by atoms with E-state index in [0.29, 0.717) is 22.7 Å². The molecule has 49 heavy (non-hydrogen) atoms. The maximum Gasteiger partial charge on any atom is 0.450 e. The molecule has 0 saturated carbocycles. The third kappa shape index (κ3) is 11.4. The first kappa shape index (κ1) is 43.3. The zero-order valence-corrected chi connectivity index (χ0v) is 28.4. The molecule has 0 aliphatic heterocycles. The van der Waals surface area contributed by atoms with Crippen molar-refractivity contribution in [2.75, 3.05) is 6.61 Å². The molecule has 0 bridgehead atoms. The van der Waals surface area contributed by atoms with E-state index in [1.807, 2.05) is 0 Å². The molecule has 3 aromatic heterocycles. The van der Waals surface area contributed by atoms with Crippen molar-refractivity contribution in [1.29, 1.82) is 0 Å². The van der Waals surface area contributed by atoms with E-state index in [0.717, 1.165) is 18.6 Å². The van der Waals surface area contributed by atoms with Gasteiger partial charge in [-0.2, -0.15) is 39.5 Å². The number of ether oxygens (including phenoxy) is 1. The molecule has 0 saturated heterocycles. The first-order chi connectivity index (χ1) is 22.4. The molecule has 0 amide bonds. The molecule has 2 N–H and O–H groups in total. The summed E-state index contributed by atoms with van der Waals surface area (Å²) in [4.78, 5) is 21.6. The lowest BCUT2D eigenvalue weighted by Crippen LogP contribution is -2.47. The number of halogens is 9. The highest BCUT2D eigenvalue weighted by Gasteiger charge is 2.46. The van der Waals surface area contributed by atoms with Gasteiger partial charge in [0.2, 0.25) is 31.4 Å². The zero-order valence-electron chi connectivity index (χ0n) is 27.4. The van der Waals surface area contributed by atoms with Crippen LogP contribution in [0.3, 0.4) is 0 Å². The number of aliphatic hydroxyl groups is 1. The maximum absolute atomic E-state index is 12.8. The summed E-state index contributed by atoms with van der Waals surface area (Å²) in [6, 6.07) is 2.93. The van der Waals surface area contributed by atoms with Gasteiger partial charge in [0.25, 0.3) is 0 Å². The normalized spacial score (nSPS) is 12.5. The molecule has 278 valence electrons. The summed E-state index contributed by atoms with van der Waals surface area (Å²) >= 11 is 0. The number of carboxylic acids is 1. The molecular formula is C30H37F9O9Si. The van der Waals surface area contributed by atoms with Crippen LogP contribution in [0, 0.1) is 0 Å². The molecule has 3 aromatic rings. The summed E-state index contributed by atoms with van der Waals surface area (Å²) in [5.74, 6) is -7.70. The SMILES string of the molecule is CC(C)[Si](OCc1ccoc1C(F)(F)F)(C(C)C)C(C)C.CCOC(=O)c1cc(C(=O)O)oc1C(F)(F)F.OCc1ccoc1C(F)(F)F. The minimum Gasteiger partial charge on any atom is -0.475 e. The molecule has 19 heteroatoms. The molecule has 0 unspecified atom stereocenters. The number of carbonyl (C=O) groups excluding carboxylic acids is 1. The van der Waals surface area contributed by atoms with E-state index in [-0.39, 0.29) is 24.3 Å². The van der Waals surface area contributed by atoms with Crippen LogP contribution < -0.4 is 0 Å². The average molecular weight is 741 g/mol. The number of aliphatic hydroxyl groups excluding tert-OH is 1. The van der Waals surface area contributed by atoms with Gasteiger partial charge in [0.15, 0.2) is 0 Å². The highest BCUT2D eigenvalue weighted by atomic mass is 28.4. The van der Waals surface area contributed by atoms with Crippen molar-refractivity contribution >= 4 is 20.3 Å². The van der Waals surface area contributed by atoms with Crippen LogP contribution in [0.2, 0.25) is 16.6 Å². The van der Waals surface area contributed by atoms with Crippen LogP contribution in [0.25, 0.3) is 0 Å². The van der Waals surface area contributed by atoms with E-state index < -0.39 is 74.0 Å². The zero-order chi connectivity index (χ0) is 38.1. The van der Waals surface area contributed by atoms with Crippen LogP contribution in [-0.4, -0.2) is 37.1 Å². The number of furan rings is 3. The molecule has 0 aliphatic carbocycles. The standard InChI is InChI=1S/C15H25F3O2Si.C9H7F3O5.C6H5F3O2/c1-10(2)21(11(3)4,12(5)6)20-9-13-7-8-19-14(13)15(16,17)18;1-2-16-8(15)4-3-5(7(13)14)17-6(4)9(10,11)12;7-6(8,9)5-4(3-10)1-2-11-5/h7-8,10-12H,9H2,1-6H3;3H,2H2,1H3,(H,13,14);1-2,10H,3H2. The first-order valence-corrected chi connectivity index (χ1v) is 16.6. The Labute approximate surface area is 276 Å². The van der Waals surface area contributed by atoms with Crippen LogP contribution in [0.4, 0.5) is 39.5 Å². The van der Waals surface area contributed by atoms with E-state index >= 15 is 0 Å². The highest BCUT2D eigenvalue weighted by molar-refractivity contribution is 6.77. The summed E-state index contributed by atoms with van der Waals surface area (Å²) in [5.41, 5.74) is -0.105. The van der Waals surface area contributed by atoms with Crippen molar-refractivity contribution in [3.05, 3.63) is 70.5 Å². The van der Waals surface area contributed by atoms with E-state index in [1.54, 1.807) is 0 Å². The van der Waals surface area contributed by atoms with Crippen molar-refractivity contribution in [1.82, 2.24) is 0 Å². The second-order valence-corrected chi connectivity index (χ2v) is 16.6. The van der Waals surface area contributed by atoms with Crippen LogP contribution in [0.15, 0.2) is 44.0 Å². The molecule has 9 nitrogen and oxygen atoms in total. The van der Waals surface area contributed by atoms with Crippen LogP contribution in [0.1, 0.15) is 97.8 Å². The summed E-state index contributed by atoms with van der Waals surface area (Å²) < 4.78 is 135. The number of alkyl halides is 9. The van der Waals surface area contributed by atoms with Crippen LogP contribution >= 0.6 is 0 Å². The molecule has 0 fully saturated rings. The minimum absolute atomic E-state index is 0.0356. The van der Waals surface area contributed by atoms with Crippen molar-refractivity contribution in [3.8, 4) is 0 Å². The molecule has 0 radical (unpaired) electrons. The van der Waals surface area contributed by atoms with E-state index in [2.05, 4.69) is 59.5 Å². The average Bonchev–Trinajstić information content (AvgIpc) is 3.72. The molecule has 0 atom stereocenters. The van der Waals surface area contributed by atoms with Gasteiger partial charge in [-0.05, 0) is 35.7 Å². The minimum atomic E-state index is -4.96. The van der Waals surface area contributed by atoms with Gasteiger partial charge in [-0.25, -0.2) is 9.59 Å². The van der Waals surface area contributed by atoms with Gasteiger partial charge in [-0.1, -0.05) is 41.5 Å². The van der Waals surface area contributed by atoms with E-state index in [1.165, 1.54) is 13.0 Å². The van der Waals surface area contributed by atoms with Gasteiger partial charge in [0.1, 0.15) is 5.56 Å². The molecule has 0 aliphatic rings. The number of hydrogen-bond donors (Lipinski definition) is 2. The molecular weight excluding hydrogens is 703 g/mol. The second kappa shape index (κ2) is 17.3. The predicted molar refractivity (Wildman–Crippen MR) is 156 cm³/mol. The predicted octanol–water partition coefficient (Wildman–Crippen LogP) is 9.95. The fourth-order valence-electron chi connectivity index (χ4n) is 5.18. The smallest absolute Gasteiger partial charge is 0.450 e. The summed E-state index contributed by atoms with van der Waals surface area (Å²) in [6.45, 7) is 13.2. The molecule has 3 heterocycles. The Bertz CT molecular complexity index is 1460. The Morgan fingerprint density at radius 3 is 1.55 bits per heavy atom. The first-order valence-electron chi connectivity index (χ1n) is 14.5. The van der Waals surface area contributed by atoms with Gasteiger partial charge in [-0.3, -0.25) is 0 Å². The van der Waals surface area contributed by atoms with Gasteiger partial charge in [0, 0.05) is 17.2 Å². The van der Waals surface area contributed by atoms with Crippen molar-refractivity contribution in [2.45, 2.75) is 96.8 Å². The van der Waals surface area contributed by atoms with Crippen molar-refractivity contribution in [2.24, 2.45) is 0 Å². The van der Waals surface area contributed by atoms with Crippen LogP contribution in [0.5, 0.6) is 0 Å². The van der Waals surface area contributed by atoms with Crippen molar-refractivity contribution < 1.29 is 81.7 Å². The number of carbonyl (C=O) groups is 2.